The van der Waals surface area contributed by atoms with Gasteiger partial charge in [-0.25, -0.2) is 4.98 Å². The van der Waals surface area contributed by atoms with E-state index in [9.17, 15) is 4.79 Å². The minimum atomic E-state index is -0.719. The van der Waals surface area contributed by atoms with Crippen molar-refractivity contribution in [1.29, 1.82) is 0 Å². The van der Waals surface area contributed by atoms with Gasteiger partial charge in [-0.05, 0) is 31.0 Å². The van der Waals surface area contributed by atoms with Crippen LogP contribution in [0.15, 0.2) is 43.0 Å². The van der Waals surface area contributed by atoms with Gasteiger partial charge in [0.15, 0.2) is 0 Å². The van der Waals surface area contributed by atoms with Crippen molar-refractivity contribution < 1.29 is 4.79 Å². The van der Waals surface area contributed by atoms with Crippen LogP contribution in [0.25, 0.3) is 5.69 Å². The third-order valence-corrected chi connectivity index (χ3v) is 4.10. The number of hydrogen-bond acceptors (Lipinski definition) is 3. The van der Waals surface area contributed by atoms with Gasteiger partial charge in [-0.3, -0.25) is 4.79 Å². The molecule has 0 radical (unpaired) electrons. The maximum atomic E-state index is 12.4. The molecule has 1 aliphatic carbocycles. The van der Waals surface area contributed by atoms with Gasteiger partial charge >= 0.3 is 0 Å². The Morgan fingerprint density at radius 1 is 1.22 bits per heavy atom. The highest BCUT2D eigenvalue weighted by molar-refractivity contribution is 5.98. The largest absolute Gasteiger partial charge is 0.324 e. The van der Waals surface area contributed by atoms with Crippen molar-refractivity contribution in [3.63, 3.8) is 0 Å². The van der Waals surface area contributed by atoms with Crippen LogP contribution in [-0.2, 0) is 4.79 Å². The summed E-state index contributed by atoms with van der Waals surface area (Å²) in [5, 5.41) is 2.96. The molecule has 2 aromatic rings. The molecule has 1 amide bonds. The van der Waals surface area contributed by atoms with Crippen molar-refractivity contribution in [2.75, 3.05) is 5.32 Å². The number of amides is 1. The second kappa shape index (κ2) is 8.34. The first-order valence-corrected chi connectivity index (χ1v) is 7.36. The molecule has 1 aromatic carbocycles. The first-order valence-electron chi connectivity index (χ1n) is 7.36. The Bertz CT molecular complexity index is 625. The summed E-state index contributed by atoms with van der Waals surface area (Å²) in [6.07, 6.45) is 10.1. The number of anilines is 1. The molecule has 1 fully saturated rings. The third kappa shape index (κ3) is 4.47. The quantitative estimate of drug-likeness (QED) is 0.885. The van der Waals surface area contributed by atoms with Crippen molar-refractivity contribution in [2.24, 2.45) is 5.73 Å². The molecule has 0 spiro atoms. The molecule has 0 bridgehead atoms. The Balaban J connectivity index is 0.00000132. The van der Waals surface area contributed by atoms with Crippen molar-refractivity contribution in [1.82, 2.24) is 9.55 Å². The molecule has 126 valence electrons. The molecule has 5 nitrogen and oxygen atoms in total. The smallest absolute Gasteiger partial charge is 0.244 e. The third-order valence-electron chi connectivity index (χ3n) is 4.10. The summed E-state index contributed by atoms with van der Waals surface area (Å²) in [6.45, 7) is 0. The zero-order valence-electron chi connectivity index (χ0n) is 12.8. The van der Waals surface area contributed by atoms with E-state index >= 15 is 0 Å². The lowest BCUT2D eigenvalue weighted by Crippen LogP contribution is -2.52. The highest BCUT2D eigenvalue weighted by Gasteiger charge is 2.35. The van der Waals surface area contributed by atoms with Crippen LogP contribution in [0.2, 0.25) is 0 Å². The van der Waals surface area contributed by atoms with Gasteiger partial charge in [0.25, 0.3) is 0 Å². The standard InChI is InChI=1S/C16H20N4O.2ClH/c17-16(7-2-1-3-8-16)15(21)19-13-5-4-6-14(11-13)20-10-9-18-12-20;;/h4-6,9-12H,1-3,7-8,17H2,(H,19,21);2*1H. The fourth-order valence-electron chi connectivity index (χ4n) is 2.82. The Morgan fingerprint density at radius 2 is 1.96 bits per heavy atom. The fourth-order valence-corrected chi connectivity index (χ4v) is 2.82. The predicted molar refractivity (Wildman–Crippen MR) is 96.7 cm³/mol. The minimum absolute atomic E-state index is 0. The molecule has 1 aliphatic rings. The number of benzene rings is 1. The molecule has 0 atom stereocenters. The van der Waals surface area contributed by atoms with E-state index < -0.39 is 5.54 Å². The van der Waals surface area contributed by atoms with E-state index in [-0.39, 0.29) is 30.7 Å². The van der Waals surface area contributed by atoms with E-state index in [2.05, 4.69) is 10.3 Å². The van der Waals surface area contributed by atoms with Gasteiger partial charge in [-0.1, -0.05) is 25.3 Å². The topological polar surface area (TPSA) is 72.9 Å². The maximum absolute atomic E-state index is 12.4. The number of carbonyl (C=O) groups excluding carboxylic acids is 1. The van der Waals surface area contributed by atoms with Crippen molar-refractivity contribution in [3.05, 3.63) is 43.0 Å². The molecule has 3 rings (SSSR count). The number of nitrogens with two attached hydrogens (primary N) is 1. The molecule has 0 aliphatic heterocycles. The van der Waals surface area contributed by atoms with Gasteiger partial charge in [0.05, 0.1) is 11.9 Å². The Hall–Kier alpha value is -1.56. The van der Waals surface area contributed by atoms with Crippen LogP contribution >= 0.6 is 24.8 Å². The summed E-state index contributed by atoms with van der Waals surface area (Å²) >= 11 is 0. The molecule has 23 heavy (non-hydrogen) atoms. The zero-order chi connectivity index (χ0) is 14.7. The second-order valence-electron chi connectivity index (χ2n) is 5.69. The molecule has 1 heterocycles. The van der Waals surface area contributed by atoms with Gasteiger partial charge in [0.1, 0.15) is 0 Å². The maximum Gasteiger partial charge on any atom is 0.244 e. The summed E-state index contributed by atoms with van der Waals surface area (Å²) in [7, 11) is 0. The van der Waals surface area contributed by atoms with Crippen LogP contribution in [0, 0.1) is 0 Å². The second-order valence-corrected chi connectivity index (χ2v) is 5.69. The summed E-state index contributed by atoms with van der Waals surface area (Å²) in [5.41, 5.74) is 7.26. The van der Waals surface area contributed by atoms with Crippen LogP contribution in [0.4, 0.5) is 5.69 Å². The van der Waals surface area contributed by atoms with Crippen molar-refractivity contribution in [2.45, 2.75) is 37.6 Å². The number of rotatable bonds is 3. The van der Waals surface area contributed by atoms with Crippen LogP contribution in [0.1, 0.15) is 32.1 Å². The molecular formula is C16H22Cl2N4O. The number of hydrogen-bond donors (Lipinski definition) is 2. The van der Waals surface area contributed by atoms with Gasteiger partial charge in [0, 0.05) is 23.8 Å². The van der Waals surface area contributed by atoms with Crippen LogP contribution in [0.3, 0.4) is 0 Å². The number of nitrogens with zero attached hydrogens (tertiary/aromatic N) is 2. The van der Waals surface area contributed by atoms with Gasteiger partial charge in [-0.2, -0.15) is 0 Å². The van der Waals surface area contributed by atoms with E-state index in [4.69, 9.17) is 5.73 Å². The number of imidazole rings is 1. The summed E-state index contributed by atoms with van der Waals surface area (Å²) in [5.74, 6) is -0.0787. The van der Waals surface area contributed by atoms with Gasteiger partial charge in [-0.15, -0.1) is 24.8 Å². The normalized spacial score (nSPS) is 15.9. The SMILES string of the molecule is Cl.Cl.NC1(C(=O)Nc2cccc(-n3ccnc3)c2)CCCCC1. The Morgan fingerprint density at radius 3 is 2.61 bits per heavy atom. The van der Waals surface area contributed by atoms with E-state index in [1.54, 1.807) is 12.5 Å². The number of nitrogens with one attached hydrogen (secondary N) is 1. The summed E-state index contributed by atoms with van der Waals surface area (Å²) in [6, 6.07) is 7.68. The molecular weight excluding hydrogens is 335 g/mol. The molecule has 7 heteroatoms. The summed E-state index contributed by atoms with van der Waals surface area (Å²) in [4.78, 5) is 16.5. The highest BCUT2D eigenvalue weighted by Crippen LogP contribution is 2.27. The average Bonchev–Trinajstić information content (AvgIpc) is 3.02. The predicted octanol–water partition coefficient (Wildman–Crippen LogP) is 3.32. The number of aromatic nitrogens is 2. The summed E-state index contributed by atoms with van der Waals surface area (Å²) < 4.78 is 1.90. The van der Waals surface area contributed by atoms with E-state index in [0.29, 0.717) is 0 Å². The number of carbonyl (C=O) groups is 1. The molecule has 0 saturated heterocycles. The molecule has 1 saturated carbocycles. The first kappa shape index (κ1) is 19.5. The fraction of sp³-hybridized carbons (Fsp3) is 0.375. The van der Waals surface area contributed by atoms with E-state index in [1.165, 1.54) is 6.42 Å². The average molecular weight is 357 g/mol. The Labute approximate surface area is 148 Å². The van der Waals surface area contributed by atoms with E-state index in [0.717, 1.165) is 37.1 Å². The van der Waals surface area contributed by atoms with Crippen LogP contribution in [0.5, 0.6) is 0 Å². The van der Waals surface area contributed by atoms with Crippen molar-refractivity contribution >= 4 is 36.4 Å². The Kier molecular flexibility index (Phi) is 7.06. The molecule has 0 unspecified atom stereocenters. The van der Waals surface area contributed by atoms with Crippen LogP contribution in [-0.4, -0.2) is 21.0 Å². The minimum Gasteiger partial charge on any atom is -0.324 e. The lowest BCUT2D eigenvalue weighted by molar-refractivity contribution is -0.122. The monoisotopic (exact) mass is 356 g/mol. The molecule has 3 N–H and O–H groups in total. The molecule has 1 aromatic heterocycles. The highest BCUT2D eigenvalue weighted by atomic mass is 35.5. The lowest BCUT2D eigenvalue weighted by Gasteiger charge is -2.31. The lowest BCUT2D eigenvalue weighted by atomic mass is 9.82. The van der Waals surface area contributed by atoms with Gasteiger partial charge < -0.3 is 15.6 Å². The number of halogens is 2. The van der Waals surface area contributed by atoms with E-state index in [1.807, 2.05) is 35.0 Å². The first-order chi connectivity index (χ1) is 10.2. The van der Waals surface area contributed by atoms with Crippen LogP contribution < -0.4 is 11.1 Å². The van der Waals surface area contributed by atoms with Gasteiger partial charge in [0.2, 0.25) is 5.91 Å². The zero-order valence-corrected chi connectivity index (χ0v) is 14.4. The van der Waals surface area contributed by atoms with Crippen molar-refractivity contribution in [3.8, 4) is 5.69 Å².